The average Bonchev–Trinajstić information content (AvgIpc) is 2.72. The minimum atomic E-state index is -0.713. The SMILES string of the molecule is CS(=O)CCCNc1ncnc2sccc12. The Morgan fingerprint density at radius 1 is 1.50 bits per heavy atom. The van der Waals surface area contributed by atoms with E-state index in [0.29, 0.717) is 0 Å². The van der Waals surface area contributed by atoms with Gasteiger partial charge in [0.15, 0.2) is 0 Å². The molecule has 0 fully saturated rings. The lowest BCUT2D eigenvalue weighted by atomic mass is 10.3. The first-order chi connectivity index (χ1) is 7.77. The first kappa shape index (κ1) is 11.5. The maximum absolute atomic E-state index is 10.9. The molecule has 2 aromatic rings. The van der Waals surface area contributed by atoms with Crippen LogP contribution in [0.15, 0.2) is 17.8 Å². The van der Waals surface area contributed by atoms with Gasteiger partial charge in [0.05, 0.1) is 5.39 Å². The molecular weight excluding hydrogens is 242 g/mol. The number of hydrogen-bond acceptors (Lipinski definition) is 5. The highest BCUT2D eigenvalue weighted by molar-refractivity contribution is 7.84. The van der Waals surface area contributed by atoms with Gasteiger partial charge in [0, 0.05) is 29.4 Å². The van der Waals surface area contributed by atoms with Crippen molar-refractivity contribution in [1.82, 2.24) is 9.97 Å². The summed E-state index contributed by atoms with van der Waals surface area (Å²) >= 11 is 1.61. The molecule has 1 atom stereocenters. The van der Waals surface area contributed by atoms with Crippen LogP contribution >= 0.6 is 11.3 Å². The molecule has 0 aliphatic carbocycles. The quantitative estimate of drug-likeness (QED) is 0.829. The van der Waals surface area contributed by atoms with Gasteiger partial charge in [-0.1, -0.05) is 0 Å². The van der Waals surface area contributed by atoms with Crippen LogP contribution in [0.2, 0.25) is 0 Å². The number of nitrogens with zero attached hydrogens (tertiary/aromatic N) is 2. The van der Waals surface area contributed by atoms with Gasteiger partial charge in [0.1, 0.15) is 17.0 Å². The standard InChI is InChI=1S/C10H13N3OS2/c1-16(14)6-2-4-11-9-8-3-5-15-10(8)13-7-12-9/h3,5,7H,2,4,6H2,1H3,(H,11,12,13). The van der Waals surface area contributed by atoms with E-state index in [9.17, 15) is 4.21 Å². The lowest BCUT2D eigenvalue weighted by Gasteiger charge is -2.05. The summed E-state index contributed by atoms with van der Waals surface area (Å²) < 4.78 is 10.9. The van der Waals surface area contributed by atoms with E-state index in [1.54, 1.807) is 23.9 Å². The molecule has 0 amide bonds. The number of thiophene rings is 1. The van der Waals surface area contributed by atoms with Crippen LogP contribution in [0.5, 0.6) is 0 Å². The van der Waals surface area contributed by atoms with E-state index in [0.717, 1.165) is 34.8 Å². The number of aromatic nitrogens is 2. The molecule has 0 aliphatic rings. The Labute approximate surface area is 101 Å². The highest BCUT2D eigenvalue weighted by Gasteiger charge is 2.03. The third-order valence-electron chi connectivity index (χ3n) is 2.16. The first-order valence-corrected chi connectivity index (χ1v) is 7.60. The van der Waals surface area contributed by atoms with Gasteiger partial charge < -0.3 is 5.32 Å². The minimum Gasteiger partial charge on any atom is -0.369 e. The fourth-order valence-corrected chi connectivity index (χ4v) is 2.70. The second-order valence-electron chi connectivity index (χ2n) is 3.42. The maximum atomic E-state index is 10.9. The summed E-state index contributed by atoms with van der Waals surface area (Å²) in [6.07, 6.45) is 4.18. The number of hydrogen-bond donors (Lipinski definition) is 1. The Morgan fingerprint density at radius 2 is 2.38 bits per heavy atom. The van der Waals surface area contributed by atoms with Gasteiger partial charge in [-0.15, -0.1) is 11.3 Å². The highest BCUT2D eigenvalue weighted by atomic mass is 32.2. The predicted molar refractivity (Wildman–Crippen MR) is 69.5 cm³/mol. The summed E-state index contributed by atoms with van der Waals surface area (Å²) in [5, 5.41) is 6.32. The largest absolute Gasteiger partial charge is 0.369 e. The number of rotatable bonds is 5. The van der Waals surface area contributed by atoms with Gasteiger partial charge in [0.2, 0.25) is 0 Å². The van der Waals surface area contributed by atoms with E-state index in [2.05, 4.69) is 15.3 Å². The Morgan fingerprint density at radius 3 is 3.19 bits per heavy atom. The molecule has 0 aliphatic heterocycles. The summed E-state index contributed by atoms with van der Waals surface area (Å²) in [4.78, 5) is 9.38. The Hall–Kier alpha value is -1.01. The second kappa shape index (κ2) is 5.36. The number of fused-ring (bicyclic) bond motifs is 1. The fourth-order valence-electron chi connectivity index (χ4n) is 1.41. The summed E-state index contributed by atoms with van der Waals surface area (Å²) in [7, 11) is -0.713. The third kappa shape index (κ3) is 2.76. The lowest BCUT2D eigenvalue weighted by Crippen LogP contribution is -2.07. The first-order valence-electron chi connectivity index (χ1n) is 4.99. The third-order valence-corrected chi connectivity index (χ3v) is 3.85. The molecule has 1 unspecified atom stereocenters. The van der Waals surface area contributed by atoms with Crippen molar-refractivity contribution in [2.24, 2.45) is 0 Å². The predicted octanol–water partition coefficient (Wildman–Crippen LogP) is 1.87. The monoisotopic (exact) mass is 255 g/mol. The van der Waals surface area contributed by atoms with Crippen molar-refractivity contribution in [2.45, 2.75) is 6.42 Å². The van der Waals surface area contributed by atoms with Gasteiger partial charge in [-0.3, -0.25) is 4.21 Å². The van der Waals surface area contributed by atoms with E-state index in [1.807, 2.05) is 11.4 Å². The molecule has 4 nitrogen and oxygen atoms in total. The topological polar surface area (TPSA) is 54.9 Å². The Kier molecular flexibility index (Phi) is 3.84. The molecule has 86 valence electrons. The summed E-state index contributed by atoms with van der Waals surface area (Å²) in [6, 6.07) is 2.01. The van der Waals surface area contributed by atoms with E-state index in [-0.39, 0.29) is 0 Å². The van der Waals surface area contributed by atoms with Gasteiger partial charge in [-0.05, 0) is 17.9 Å². The molecule has 16 heavy (non-hydrogen) atoms. The number of anilines is 1. The van der Waals surface area contributed by atoms with Crippen LogP contribution in [0.25, 0.3) is 10.2 Å². The van der Waals surface area contributed by atoms with E-state index in [4.69, 9.17) is 0 Å². The molecule has 0 radical (unpaired) electrons. The average molecular weight is 255 g/mol. The van der Waals surface area contributed by atoms with Crippen molar-refractivity contribution in [3.05, 3.63) is 17.8 Å². The van der Waals surface area contributed by atoms with Crippen LogP contribution in [-0.2, 0) is 10.8 Å². The van der Waals surface area contributed by atoms with Crippen LogP contribution in [-0.4, -0.2) is 32.7 Å². The lowest BCUT2D eigenvalue weighted by molar-refractivity contribution is 0.685. The zero-order valence-electron chi connectivity index (χ0n) is 8.97. The maximum Gasteiger partial charge on any atom is 0.138 e. The fraction of sp³-hybridized carbons (Fsp3) is 0.400. The van der Waals surface area contributed by atoms with Crippen molar-refractivity contribution in [3.8, 4) is 0 Å². The molecule has 2 rings (SSSR count). The summed E-state index contributed by atoms with van der Waals surface area (Å²) in [6.45, 7) is 0.793. The second-order valence-corrected chi connectivity index (χ2v) is 5.87. The molecule has 2 heterocycles. The zero-order chi connectivity index (χ0) is 11.4. The van der Waals surface area contributed by atoms with E-state index >= 15 is 0 Å². The van der Waals surface area contributed by atoms with Crippen molar-refractivity contribution in [1.29, 1.82) is 0 Å². The molecule has 0 spiro atoms. The molecule has 0 bridgehead atoms. The normalized spacial score (nSPS) is 12.8. The summed E-state index contributed by atoms with van der Waals surface area (Å²) in [5.41, 5.74) is 0. The smallest absolute Gasteiger partial charge is 0.138 e. The van der Waals surface area contributed by atoms with Crippen molar-refractivity contribution in [2.75, 3.05) is 23.9 Å². The van der Waals surface area contributed by atoms with Gasteiger partial charge >= 0.3 is 0 Å². The summed E-state index contributed by atoms with van der Waals surface area (Å²) in [5.74, 6) is 1.60. The van der Waals surface area contributed by atoms with Crippen molar-refractivity contribution < 1.29 is 4.21 Å². The molecule has 6 heteroatoms. The van der Waals surface area contributed by atoms with E-state index in [1.165, 1.54) is 0 Å². The van der Waals surface area contributed by atoms with Gasteiger partial charge in [-0.2, -0.15) is 0 Å². The van der Waals surface area contributed by atoms with Crippen LogP contribution in [0.3, 0.4) is 0 Å². The minimum absolute atomic E-state index is 0.713. The van der Waals surface area contributed by atoms with Crippen LogP contribution < -0.4 is 5.32 Å². The molecule has 0 saturated carbocycles. The van der Waals surface area contributed by atoms with E-state index < -0.39 is 10.8 Å². The van der Waals surface area contributed by atoms with Gasteiger partial charge in [-0.25, -0.2) is 9.97 Å². The Bertz CT molecular complexity index is 498. The molecule has 1 N–H and O–H groups in total. The highest BCUT2D eigenvalue weighted by Crippen LogP contribution is 2.23. The van der Waals surface area contributed by atoms with Crippen LogP contribution in [0, 0.1) is 0 Å². The molecule has 0 saturated heterocycles. The molecular formula is C10H13N3OS2. The van der Waals surface area contributed by atoms with Crippen LogP contribution in [0.4, 0.5) is 5.82 Å². The molecule has 2 aromatic heterocycles. The Balaban J connectivity index is 1.98. The number of nitrogens with one attached hydrogen (secondary N) is 1. The van der Waals surface area contributed by atoms with Crippen molar-refractivity contribution in [3.63, 3.8) is 0 Å². The zero-order valence-corrected chi connectivity index (χ0v) is 10.6. The van der Waals surface area contributed by atoms with Gasteiger partial charge in [0.25, 0.3) is 0 Å². The van der Waals surface area contributed by atoms with Crippen LogP contribution in [0.1, 0.15) is 6.42 Å². The van der Waals surface area contributed by atoms with Crippen molar-refractivity contribution >= 4 is 38.2 Å². The molecule has 0 aromatic carbocycles.